The Bertz CT molecular complexity index is 535. The fourth-order valence-electron chi connectivity index (χ4n) is 1.40. The second-order valence-electron chi connectivity index (χ2n) is 3.01. The summed E-state index contributed by atoms with van der Waals surface area (Å²) in [4.78, 5) is 14.2. The van der Waals surface area contributed by atoms with Crippen LogP contribution >= 0.6 is 15.9 Å². The first-order valence-electron chi connectivity index (χ1n) is 4.18. The van der Waals surface area contributed by atoms with E-state index < -0.39 is 11.8 Å². The summed E-state index contributed by atoms with van der Waals surface area (Å²) in [5, 5.41) is 0.516. The minimum absolute atomic E-state index is 0.332. The maximum Gasteiger partial charge on any atom is 0.340 e. The predicted octanol–water partition coefficient (Wildman–Crippen LogP) is 2.86. The van der Waals surface area contributed by atoms with E-state index in [4.69, 9.17) is 0 Å². The number of halogens is 2. The van der Waals surface area contributed by atoms with Gasteiger partial charge in [0.15, 0.2) is 0 Å². The van der Waals surface area contributed by atoms with Crippen molar-refractivity contribution in [3.8, 4) is 0 Å². The molecule has 2 rings (SSSR count). The molecule has 1 aromatic carbocycles. The Morgan fingerprint density at radius 2 is 2.27 bits per heavy atom. The normalized spacial score (nSPS) is 10.6. The summed E-state index contributed by atoms with van der Waals surface area (Å²) in [5.41, 5.74) is 1.02. The molecule has 0 amide bonds. The standard InChI is InChI=1S/C10H7BrFNO2/c1-15-10(14)6-4-13-9-3-7(11)8(12)2-5(6)9/h2-4,13H,1H3. The monoisotopic (exact) mass is 271 g/mol. The third kappa shape index (κ3) is 1.63. The molecule has 0 aliphatic carbocycles. The van der Waals surface area contributed by atoms with Gasteiger partial charge in [0.05, 0.1) is 17.1 Å². The van der Waals surface area contributed by atoms with Crippen molar-refractivity contribution in [2.45, 2.75) is 0 Å². The summed E-state index contributed by atoms with van der Waals surface area (Å²) in [6.45, 7) is 0. The highest BCUT2D eigenvalue weighted by molar-refractivity contribution is 9.10. The average molecular weight is 272 g/mol. The zero-order valence-electron chi connectivity index (χ0n) is 7.80. The van der Waals surface area contributed by atoms with E-state index in [1.807, 2.05) is 0 Å². The highest BCUT2D eigenvalue weighted by Crippen LogP contribution is 2.25. The molecule has 0 unspecified atom stereocenters. The number of hydrogen-bond acceptors (Lipinski definition) is 2. The van der Waals surface area contributed by atoms with Gasteiger partial charge in [-0.1, -0.05) is 0 Å². The third-order valence-electron chi connectivity index (χ3n) is 2.13. The molecule has 0 bridgehead atoms. The van der Waals surface area contributed by atoms with Gasteiger partial charge in [-0.3, -0.25) is 0 Å². The molecule has 78 valence electrons. The van der Waals surface area contributed by atoms with Crippen LogP contribution in [0, 0.1) is 5.82 Å². The SMILES string of the molecule is COC(=O)c1c[nH]c2cc(Br)c(F)cc12. The number of benzene rings is 1. The van der Waals surface area contributed by atoms with Crippen LogP contribution in [0.2, 0.25) is 0 Å². The molecule has 0 saturated carbocycles. The molecule has 0 aliphatic rings. The molecule has 0 atom stereocenters. The van der Waals surface area contributed by atoms with Crippen LogP contribution in [0.4, 0.5) is 4.39 Å². The topological polar surface area (TPSA) is 42.1 Å². The van der Waals surface area contributed by atoms with Gasteiger partial charge in [0.2, 0.25) is 0 Å². The lowest BCUT2D eigenvalue weighted by molar-refractivity contribution is 0.0603. The van der Waals surface area contributed by atoms with Crippen molar-refractivity contribution in [2.24, 2.45) is 0 Å². The number of carbonyl (C=O) groups is 1. The molecule has 15 heavy (non-hydrogen) atoms. The van der Waals surface area contributed by atoms with Crippen molar-refractivity contribution in [3.63, 3.8) is 0 Å². The molecule has 1 N–H and O–H groups in total. The Kier molecular flexibility index (Phi) is 2.48. The molecule has 0 radical (unpaired) electrons. The molecule has 1 heterocycles. The van der Waals surface area contributed by atoms with Crippen molar-refractivity contribution in [1.29, 1.82) is 0 Å². The van der Waals surface area contributed by atoms with Gasteiger partial charge < -0.3 is 9.72 Å². The van der Waals surface area contributed by atoms with Gasteiger partial charge in [-0.25, -0.2) is 9.18 Å². The molecule has 3 nitrogen and oxygen atoms in total. The van der Waals surface area contributed by atoms with E-state index in [1.165, 1.54) is 19.4 Å². The molecule has 0 saturated heterocycles. The summed E-state index contributed by atoms with van der Waals surface area (Å²) < 4.78 is 18.2. The molecule has 0 spiro atoms. The second kappa shape index (κ2) is 3.66. The highest BCUT2D eigenvalue weighted by Gasteiger charge is 2.13. The van der Waals surface area contributed by atoms with E-state index in [0.29, 0.717) is 20.9 Å². The van der Waals surface area contributed by atoms with Crippen LogP contribution in [0.3, 0.4) is 0 Å². The van der Waals surface area contributed by atoms with Gasteiger partial charge >= 0.3 is 5.97 Å². The van der Waals surface area contributed by atoms with E-state index >= 15 is 0 Å². The van der Waals surface area contributed by atoms with Gasteiger partial charge in [-0.2, -0.15) is 0 Å². The Morgan fingerprint density at radius 3 is 2.93 bits per heavy atom. The average Bonchev–Trinajstić information content (AvgIpc) is 2.61. The van der Waals surface area contributed by atoms with Crippen molar-refractivity contribution < 1.29 is 13.9 Å². The molecule has 1 aromatic heterocycles. The minimum atomic E-state index is -0.483. The molecule has 0 fully saturated rings. The number of nitrogens with one attached hydrogen (secondary N) is 1. The number of aromatic amines is 1. The highest BCUT2D eigenvalue weighted by atomic mass is 79.9. The van der Waals surface area contributed by atoms with Crippen molar-refractivity contribution in [2.75, 3.05) is 7.11 Å². The quantitative estimate of drug-likeness (QED) is 0.811. The van der Waals surface area contributed by atoms with E-state index in [2.05, 4.69) is 25.7 Å². The Morgan fingerprint density at radius 1 is 1.53 bits per heavy atom. The van der Waals surface area contributed by atoms with Crippen LogP contribution in [-0.4, -0.2) is 18.1 Å². The number of hydrogen-bond donors (Lipinski definition) is 1. The maximum atomic E-state index is 13.3. The number of esters is 1. The van der Waals surface area contributed by atoms with E-state index in [9.17, 15) is 9.18 Å². The van der Waals surface area contributed by atoms with Crippen LogP contribution in [0.5, 0.6) is 0 Å². The Balaban J connectivity index is 2.69. The first kappa shape index (κ1) is 10.2. The van der Waals surface area contributed by atoms with Crippen LogP contribution in [0.1, 0.15) is 10.4 Å². The number of carbonyl (C=O) groups excluding carboxylic acids is 1. The Labute approximate surface area is 93.4 Å². The van der Waals surface area contributed by atoms with Crippen molar-refractivity contribution >= 4 is 32.8 Å². The lowest BCUT2D eigenvalue weighted by atomic mass is 10.2. The second-order valence-corrected chi connectivity index (χ2v) is 3.86. The lowest BCUT2D eigenvalue weighted by Crippen LogP contribution is -1.99. The van der Waals surface area contributed by atoms with Crippen molar-refractivity contribution in [3.05, 3.63) is 34.2 Å². The fourth-order valence-corrected chi connectivity index (χ4v) is 1.74. The zero-order chi connectivity index (χ0) is 11.0. The molecule has 5 heteroatoms. The Hall–Kier alpha value is -1.36. The molecule has 2 aromatic rings. The van der Waals surface area contributed by atoms with Crippen LogP contribution < -0.4 is 0 Å². The smallest absolute Gasteiger partial charge is 0.340 e. The van der Waals surface area contributed by atoms with E-state index in [1.54, 1.807) is 6.07 Å². The van der Waals surface area contributed by atoms with Gasteiger partial charge in [-0.15, -0.1) is 0 Å². The summed E-state index contributed by atoms with van der Waals surface area (Å²) in [6.07, 6.45) is 1.50. The minimum Gasteiger partial charge on any atom is -0.465 e. The number of aromatic nitrogens is 1. The van der Waals surface area contributed by atoms with Gasteiger partial charge in [0.25, 0.3) is 0 Å². The number of rotatable bonds is 1. The fraction of sp³-hybridized carbons (Fsp3) is 0.100. The zero-order valence-corrected chi connectivity index (χ0v) is 9.39. The number of fused-ring (bicyclic) bond motifs is 1. The number of methoxy groups -OCH3 is 1. The lowest BCUT2D eigenvalue weighted by Gasteiger charge is -1.98. The number of ether oxygens (including phenoxy) is 1. The summed E-state index contributed by atoms with van der Waals surface area (Å²) >= 11 is 3.07. The number of H-pyrrole nitrogens is 1. The van der Waals surface area contributed by atoms with Crippen LogP contribution in [0.25, 0.3) is 10.9 Å². The maximum absolute atomic E-state index is 13.3. The van der Waals surface area contributed by atoms with Crippen LogP contribution in [0.15, 0.2) is 22.8 Å². The molecule has 0 aliphatic heterocycles. The molecular weight excluding hydrogens is 265 g/mol. The predicted molar refractivity (Wildman–Crippen MR) is 57.3 cm³/mol. The van der Waals surface area contributed by atoms with E-state index in [0.717, 1.165) is 0 Å². The summed E-state index contributed by atoms with van der Waals surface area (Å²) in [5.74, 6) is -0.893. The first-order chi connectivity index (χ1) is 7.13. The van der Waals surface area contributed by atoms with Gasteiger partial charge in [-0.05, 0) is 28.1 Å². The van der Waals surface area contributed by atoms with E-state index in [-0.39, 0.29) is 0 Å². The largest absolute Gasteiger partial charge is 0.465 e. The summed E-state index contributed by atoms with van der Waals surface area (Å²) in [7, 11) is 1.29. The first-order valence-corrected chi connectivity index (χ1v) is 4.97. The van der Waals surface area contributed by atoms with Gasteiger partial charge in [0, 0.05) is 17.1 Å². The van der Waals surface area contributed by atoms with Crippen LogP contribution in [-0.2, 0) is 4.74 Å². The molecular formula is C10H7BrFNO2. The van der Waals surface area contributed by atoms with Crippen molar-refractivity contribution in [1.82, 2.24) is 4.98 Å². The van der Waals surface area contributed by atoms with Gasteiger partial charge in [0.1, 0.15) is 5.82 Å². The summed E-state index contributed by atoms with van der Waals surface area (Å²) in [6, 6.07) is 2.87. The third-order valence-corrected chi connectivity index (χ3v) is 2.74.